The van der Waals surface area contributed by atoms with Crippen LogP contribution in [-0.4, -0.2) is 42.7 Å². The van der Waals surface area contributed by atoms with Crippen LogP contribution in [0.2, 0.25) is 0 Å². The van der Waals surface area contributed by atoms with Crippen LogP contribution in [0.1, 0.15) is 36.0 Å². The second kappa shape index (κ2) is 6.80. The zero-order valence-electron chi connectivity index (χ0n) is 12.7. The van der Waals surface area contributed by atoms with Crippen LogP contribution in [0, 0.1) is 5.92 Å². The lowest BCUT2D eigenvalue weighted by molar-refractivity contribution is 0.0620. The first kappa shape index (κ1) is 15.6. The van der Waals surface area contributed by atoms with Crippen molar-refractivity contribution in [3.63, 3.8) is 0 Å². The molecular formula is C16H24N2O3. The van der Waals surface area contributed by atoms with E-state index in [-0.39, 0.29) is 17.7 Å². The third-order valence-corrected chi connectivity index (χ3v) is 4.42. The SMILES string of the molecule is COc1ccc(C(=O)N(C)C2CCCCC2CN)cc1O. The number of carbonyl (C=O) groups is 1. The molecule has 1 aromatic rings. The first-order chi connectivity index (χ1) is 10.1. The first-order valence-corrected chi connectivity index (χ1v) is 7.42. The minimum atomic E-state index is -0.0849. The fraction of sp³-hybridized carbons (Fsp3) is 0.562. The van der Waals surface area contributed by atoms with Gasteiger partial charge in [0.05, 0.1) is 7.11 Å². The second-order valence-corrected chi connectivity index (χ2v) is 5.65. The zero-order chi connectivity index (χ0) is 15.4. The number of carbonyl (C=O) groups excluding carboxylic acids is 1. The molecule has 0 radical (unpaired) electrons. The maximum atomic E-state index is 12.6. The van der Waals surface area contributed by atoms with Gasteiger partial charge >= 0.3 is 0 Å². The van der Waals surface area contributed by atoms with Gasteiger partial charge in [-0.15, -0.1) is 0 Å². The number of hydrogen-bond donors (Lipinski definition) is 2. The molecular weight excluding hydrogens is 268 g/mol. The van der Waals surface area contributed by atoms with Crippen molar-refractivity contribution in [2.24, 2.45) is 11.7 Å². The quantitative estimate of drug-likeness (QED) is 0.890. The molecule has 1 aliphatic carbocycles. The highest BCUT2D eigenvalue weighted by Crippen LogP contribution is 2.30. The van der Waals surface area contributed by atoms with E-state index in [4.69, 9.17) is 10.5 Å². The number of methoxy groups -OCH3 is 1. The molecule has 0 aromatic heterocycles. The Morgan fingerprint density at radius 3 is 2.76 bits per heavy atom. The van der Waals surface area contributed by atoms with Crippen molar-refractivity contribution in [2.75, 3.05) is 20.7 Å². The molecule has 0 heterocycles. The number of phenolic OH excluding ortho intramolecular Hbond substituents is 1. The highest BCUT2D eigenvalue weighted by atomic mass is 16.5. The third kappa shape index (κ3) is 3.29. The smallest absolute Gasteiger partial charge is 0.253 e. The van der Waals surface area contributed by atoms with Crippen LogP contribution in [0.25, 0.3) is 0 Å². The van der Waals surface area contributed by atoms with Gasteiger partial charge in [0.25, 0.3) is 5.91 Å². The van der Waals surface area contributed by atoms with Gasteiger partial charge in [-0.25, -0.2) is 0 Å². The van der Waals surface area contributed by atoms with Crippen molar-refractivity contribution < 1.29 is 14.6 Å². The molecule has 2 rings (SSSR count). The molecule has 0 aliphatic heterocycles. The molecule has 0 bridgehead atoms. The number of rotatable bonds is 4. The first-order valence-electron chi connectivity index (χ1n) is 7.42. The highest BCUT2D eigenvalue weighted by molar-refractivity contribution is 5.95. The van der Waals surface area contributed by atoms with Crippen LogP contribution >= 0.6 is 0 Å². The van der Waals surface area contributed by atoms with Gasteiger partial charge in [0.2, 0.25) is 0 Å². The van der Waals surface area contributed by atoms with E-state index >= 15 is 0 Å². The Balaban J connectivity index is 2.16. The van der Waals surface area contributed by atoms with Gasteiger partial charge in [0.15, 0.2) is 11.5 Å². The molecule has 5 heteroatoms. The van der Waals surface area contributed by atoms with Crippen LogP contribution in [0.5, 0.6) is 11.5 Å². The fourth-order valence-corrected chi connectivity index (χ4v) is 3.15. The Bertz CT molecular complexity index is 504. The van der Waals surface area contributed by atoms with E-state index in [2.05, 4.69) is 0 Å². The van der Waals surface area contributed by atoms with Gasteiger partial charge in [-0.05, 0) is 43.5 Å². The van der Waals surface area contributed by atoms with Crippen LogP contribution in [0.3, 0.4) is 0 Å². The average molecular weight is 292 g/mol. The van der Waals surface area contributed by atoms with E-state index in [0.29, 0.717) is 23.8 Å². The number of benzene rings is 1. The summed E-state index contributed by atoms with van der Waals surface area (Å²) >= 11 is 0. The predicted octanol–water partition coefficient (Wildman–Crippen LogP) is 1.99. The maximum absolute atomic E-state index is 12.6. The molecule has 116 valence electrons. The topological polar surface area (TPSA) is 75.8 Å². The molecule has 0 saturated heterocycles. The van der Waals surface area contributed by atoms with Crippen LogP contribution < -0.4 is 10.5 Å². The fourth-order valence-electron chi connectivity index (χ4n) is 3.15. The van der Waals surface area contributed by atoms with E-state index in [9.17, 15) is 9.90 Å². The Labute approximate surface area is 125 Å². The maximum Gasteiger partial charge on any atom is 0.253 e. The molecule has 1 amide bonds. The van der Waals surface area contributed by atoms with Gasteiger partial charge in [-0.2, -0.15) is 0 Å². The van der Waals surface area contributed by atoms with Crippen molar-refractivity contribution in [1.82, 2.24) is 4.90 Å². The predicted molar refractivity (Wildman–Crippen MR) is 81.6 cm³/mol. The van der Waals surface area contributed by atoms with Crippen LogP contribution in [-0.2, 0) is 0 Å². The van der Waals surface area contributed by atoms with Gasteiger partial charge in [0, 0.05) is 18.7 Å². The van der Waals surface area contributed by atoms with E-state index in [1.54, 1.807) is 17.0 Å². The van der Waals surface area contributed by atoms with E-state index in [1.807, 2.05) is 7.05 Å². The molecule has 1 aromatic carbocycles. The number of hydrogen-bond acceptors (Lipinski definition) is 4. The van der Waals surface area contributed by atoms with Crippen molar-refractivity contribution in [1.29, 1.82) is 0 Å². The Kier molecular flexibility index (Phi) is 5.07. The summed E-state index contributed by atoms with van der Waals surface area (Å²) in [5.41, 5.74) is 6.31. The minimum Gasteiger partial charge on any atom is -0.504 e. The molecule has 5 nitrogen and oxygen atoms in total. The molecule has 3 N–H and O–H groups in total. The Morgan fingerprint density at radius 2 is 2.14 bits per heavy atom. The summed E-state index contributed by atoms with van der Waals surface area (Å²) < 4.78 is 5.00. The van der Waals surface area contributed by atoms with Crippen molar-refractivity contribution in [3.05, 3.63) is 23.8 Å². The molecule has 1 aliphatic rings. The summed E-state index contributed by atoms with van der Waals surface area (Å²) in [6, 6.07) is 4.92. The van der Waals surface area contributed by atoms with Crippen molar-refractivity contribution >= 4 is 5.91 Å². The van der Waals surface area contributed by atoms with E-state index in [1.165, 1.54) is 19.6 Å². The summed E-state index contributed by atoms with van der Waals surface area (Å²) in [5.74, 6) is 0.625. The summed E-state index contributed by atoms with van der Waals surface area (Å²) in [7, 11) is 3.30. The van der Waals surface area contributed by atoms with Crippen molar-refractivity contribution in [3.8, 4) is 11.5 Å². The number of aromatic hydroxyl groups is 1. The molecule has 0 spiro atoms. The largest absolute Gasteiger partial charge is 0.504 e. The monoisotopic (exact) mass is 292 g/mol. The van der Waals surface area contributed by atoms with Gasteiger partial charge in [-0.3, -0.25) is 4.79 Å². The van der Waals surface area contributed by atoms with Crippen LogP contribution in [0.15, 0.2) is 18.2 Å². The number of ether oxygens (including phenoxy) is 1. The summed E-state index contributed by atoms with van der Waals surface area (Å²) in [6.07, 6.45) is 4.38. The minimum absolute atomic E-state index is 0.0178. The highest BCUT2D eigenvalue weighted by Gasteiger charge is 2.30. The molecule has 2 unspecified atom stereocenters. The van der Waals surface area contributed by atoms with E-state index in [0.717, 1.165) is 19.3 Å². The lowest BCUT2D eigenvalue weighted by Crippen LogP contribution is -2.45. The second-order valence-electron chi connectivity index (χ2n) is 5.65. The Morgan fingerprint density at radius 1 is 1.43 bits per heavy atom. The zero-order valence-corrected chi connectivity index (χ0v) is 12.7. The number of phenols is 1. The molecule has 21 heavy (non-hydrogen) atoms. The van der Waals surface area contributed by atoms with Gasteiger partial charge in [0.1, 0.15) is 0 Å². The third-order valence-electron chi connectivity index (χ3n) is 4.42. The summed E-state index contributed by atoms with van der Waals surface area (Å²) in [4.78, 5) is 14.4. The number of nitrogens with two attached hydrogens (primary N) is 1. The molecule has 2 atom stereocenters. The standard InChI is InChI=1S/C16H24N2O3/c1-18(13-6-4-3-5-12(13)10-17)16(20)11-7-8-15(21-2)14(19)9-11/h7-9,12-13,19H,3-6,10,17H2,1-2H3. The van der Waals surface area contributed by atoms with Crippen LogP contribution in [0.4, 0.5) is 0 Å². The number of nitrogens with zero attached hydrogens (tertiary/aromatic N) is 1. The molecule has 1 fully saturated rings. The van der Waals surface area contributed by atoms with Gasteiger partial charge in [-0.1, -0.05) is 12.8 Å². The lowest BCUT2D eigenvalue weighted by Gasteiger charge is -2.37. The van der Waals surface area contributed by atoms with Gasteiger partial charge < -0.3 is 20.5 Å². The lowest BCUT2D eigenvalue weighted by atomic mass is 9.83. The summed E-state index contributed by atoms with van der Waals surface area (Å²) in [5, 5.41) is 9.81. The van der Waals surface area contributed by atoms with Crippen molar-refractivity contribution in [2.45, 2.75) is 31.7 Å². The normalized spacial score (nSPS) is 21.9. The van der Waals surface area contributed by atoms with E-state index < -0.39 is 0 Å². The average Bonchev–Trinajstić information content (AvgIpc) is 2.53. The number of amides is 1. The summed E-state index contributed by atoms with van der Waals surface area (Å²) in [6.45, 7) is 0.607. The Hall–Kier alpha value is -1.75. The molecule has 1 saturated carbocycles.